The molecular formula is C22H17F2N5O3. The van der Waals surface area contributed by atoms with Gasteiger partial charge in [0.2, 0.25) is 17.5 Å². The Kier molecular flexibility index (Phi) is 5.86. The molecule has 2 aromatic heterocycles. The predicted octanol–water partition coefficient (Wildman–Crippen LogP) is 3.68. The van der Waals surface area contributed by atoms with Crippen LogP contribution in [0.15, 0.2) is 45.4 Å². The Morgan fingerprint density at radius 1 is 1.25 bits per heavy atom. The van der Waals surface area contributed by atoms with Gasteiger partial charge in [0, 0.05) is 30.6 Å². The Bertz CT molecular complexity index is 1200. The van der Waals surface area contributed by atoms with Crippen molar-refractivity contribution in [1.29, 1.82) is 10.5 Å². The molecule has 162 valence electrons. The van der Waals surface area contributed by atoms with Gasteiger partial charge in [-0.2, -0.15) is 15.5 Å². The molecule has 1 aliphatic rings. The van der Waals surface area contributed by atoms with Crippen molar-refractivity contribution in [3.05, 3.63) is 59.5 Å². The maximum atomic E-state index is 14.0. The highest BCUT2D eigenvalue weighted by Crippen LogP contribution is 2.31. The van der Waals surface area contributed by atoms with Gasteiger partial charge in [-0.05, 0) is 31.0 Å². The van der Waals surface area contributed by atoms with Crippen molar-refractivity contribution in [3.8, 4) is 23.8 Å². The summed E-state index contributed by atoms with van der Waals surface area (Å²) in [7, 11) is 0. The Morgan fingerprint density at radius 3 is 2.66 bits per heavy atom. The van der Waals surface area contributed by atoms with Gasteiger partial charge in [0.15, 0.2) is 5.76 Å². The zero-order valence-corrected chi connectivity index (χ0v) is 16.7. The Labute approximate surface area is 181 Å². The first-order valence-electron chi connectivity index (χ1n) is 9.85. The van der Waals surface area contributed by atoms with E-state index in [9.17, 15) is 24.1 Å². The number of nitrogens with zero attached hydrogens (tertiary/aromatic N) is 4. The molecule has 0 saturated carbocycles. The first kappa shape index (κ1) is 21.1. The second-order valence-corrected chi connectivity index (χ2v) is 7.26. The molecule has 1 unspecified atom stereocenters. The van der Waals surface area contributed by atoms with E-state index in [1.807, 2.05) is 17.0 Å². The predicted molar refractivity (Wildman–Crippen MR) is 107 cm³/mol. The van der Waals surface area contributed by atoms with Gasteiger partial charge in [-0.3, -0.25) is 4.79 Å². The molecule has 1 fully saturated rings. The number of anilines is 1. The molecule has 1 saturated heterocycles. The van der Waals surface area contributed by atoms with E-state index >= 15 is 0 Å². The van der Waals surface area contributed by atoms with Crippen LogP contribution < -0.4 is 10.2 Å². The van der Waals surface area contributed by atoms with Crippen LogP contribution in [0.25, 0.3) is 11.7 Å². The number of halogens is 2. The minimum Gasteiger partial charge on any atom is -0.459 e. The lowest BCUT2D eigenvalue weighted by Gasteiger charge is -2.31. The molecule has 0 radical (unpaired) electrons. The van der Waals surface area contributed by atoms with E-state index in [-0.39, 0.29) is 17.1 Å². The van der Waals surface area contributed by atoms with Crippen LogP contribution in [0.1, 0.15) is 30.1 Å². The number of furan rings is 1. The molecule has 1 atom stereocenters. The number of rotatable bonds is 5. The van der Waals surface area contributed by atoms with Crippen molar-refractivity contribution in [3.63, 3.8) is 0 Å². The fourth-order valence-electron chi connectivity index (χ4n) is 3.62. The van der Waals surface area contributed by atoms with Gasteiger partial charge in [0.1, 0.15) is 23.7 Å². The Morgan fingerprint density at radius 2 is 2.03 bits per heavy atom. The van der Waals surface area contributed by atoms with Crippen LogP contribution in [0.2, 0.25) is 0 Å². The van der Waals surface area contributed by atoms with Crippen LogP contribution >= 0.6 is 0 Å². The molecule has 32 heavy (non-hydrogen) atoms. The molecule has 1 amide bonds. The standard InChI is InChI=1S/C22H17F2N5O3/c23-14-3-4-15(16(24)10-14)17(11-25)27-20(30)13-5-7-29(8-6-13)22-18(12-26)28-21(32-22)19-2-1-9-31-19/h1-4,9-10,13,17H,5-8H2,(H,27,30). The van der Waals surface area contributed by atoms with E-state index in [1.54, 1.807) is 12.1 Å². The van der Waals surface area contributed by atoms with Gasteiger partial charge in [-0.1, -0.05) is 6.07 Å². The zero-order chi connectivity index (χ0) is 22.7. The van der Waals surface area contributed by atoms with E-state index in [0.717, 1.165) is 12.1 Å². The molecule has 4 rings (SSSR count). The highest BCUT2D eigenvalue weighted by molar-refractivity contribution is 5.80. The lowest BCUT2D eigenvalue weighted by atomic mass is 9.95. The number of nitriles is 2. The number of piperidine rings is 1. The van der Waals surface area contributed by atoms with Crippen LogP contribution in [0.5, 0.6) is 0 Å². The quantitative estimate of drug-likeness (QED) is 0.647. The van der Waals surface area contributed by atoms with Crippen molar-refractivity contribution in [2.75, 3.05) is 18.0 Å². The van der Waals surface area contributed by atoms with E-state index in [0.29, 0.717) is 43.6 Å². The highest BCUT2D eigenvalue weighted by atomic mass is 19.1. The minimum absolute atomic E-state index is 0.0922. The zero-order valence-electron chi connectivity index (χ0n) is 16.7. The van der Waals surface area contributed by atoms with Crippen LogP contribution in [0, 0.1) is 40.2 Å². The van der Waals surface area contributed by atoms with Crippen molar-refractivity contribution in [1.82, 2.24) is 10.3 Å². The third-order valence-corrected chi connectivity index (χ3v) is 5.29. The molecule has 0 spiro atoms. The summed E-state index contributed by atoms with van der Waals surface area (Å²) in [6.45, 7) is 0.837. The molecule has 0 bridgehead atoms. The average Bonchev–Trinajstić information content (AvgIpc) is 3.47. The van der Waals surface area contributed by atoms with Gasteiger partial charge < -0.3 is 19.1 Å². The lowest BCUT2D eigenvalue weighted by molar-refractivity contribution is -0.126. The number of oxazole rings is 1. The van der Waals surface area contributed by atoms with E-state index < -0.39 is 29.5 Å². The first-order chi connectivity index (χ1) is 15.5. The fourth-order valence-corrected chi connectivity index (χ4v) is 3.62. The topological polar surface area (TPSA) is 119 Å². The number of amides is 1. The number of hydrogen-bond acceptors (Lipinski definition) is 7. The SMILES string of the molecule is N#Cc1nc(-c2ccco2)oc1N1CCC(C(=O)NC(C#N)c2ccc(F)cc2F)CC1. The molecule has 0 aliphatic carbocycles. The van der Waals surface area contributed by atoms with Crippen molar-refractivity contribution >= 4 is 11.8 Å². The molecule has 3 heterocycles. The van der Waals surface area contributed by atoms with Gasteiger partial charge in [0.05, 0.1) is 12.3 Å². The molecular weight excluding hydrogens is 420 g/mol. The first-order valence-corrected chi connectivity index (χ1v) is 9.85. The van der Waals surface area contributed by atoms with Gasteiger partial charge >= 0.3 is 0 Å². The summed E-state index contributed by atoms with van der Waals surface area (Å²) >= 11 is 0. The third kappa shape index (κ3) is 4.16. The molecule has 10 heteroatoms. The van der Waals surface area contributed by atoms with Crippen molar-refractivity contribution < 1.29 is 22.4 Å². The molecule has 1 aliphatic heterocycles. The fraction of sp³-hybridized carbons (Fsp3) is 0.273. The summed E-state index contributed by atoms with van der Waals surface area (Å²) in [4.78, 5) is 18.6. The highest BCUT2D eigenvalue weighted by Gasteiger charge is 2.31. The number of hydrogen-bond donors (Lipinski definition) is 1. The van der Waals surface area contributed by atoms with Crippen molar-refractivity contribution in [2.45, 2.75) is 18.9 Å². The summed E-state index contributed by atoms with van der Waals surface area (Å²) < 4.78 is 38.1. The number of carbonyl (C=O) groups is 1. The Balaban J connectivity index is 1.41. The van der Waals surface area contributed by atoms with Crippen LogP contribution in [0.3, 0.4) is 0 Å². The van der Waals surface area contributed by atoms with Crippen LogP contribution in [-0.2, 0) is 4.79 Å². The third-order valence-electron chi connectivity index (χ3n) is 5.29. The summed E-state index contributed by atoms with van der Waals surface area (Å²) in [6.07, 6.45) is 2.33. The van der Waals surface area contributed by atoms with Gasteiger partial charge in [0.25, 0.3) is 5.89 Å². The summed E-state index contributed by atoms with van der Waals surface area (Å²) in [6, 6.07) is 8.82. The number of benzene rings is 1. The van der Waals surface area contributed by atoms with Gasteiger partial charge in [-0.15, -0.1) is 0 Å². The van der Waals surface area contributed by atoms with Crippen molar-refractivity contribution in [2.24, 2.45) is 5.92 Å². The van der Waals surface area contributed by atoms with Gasteiger partial charge in [-0.25, -0.2) is 8.78 Å². The molecule has 8 nitrogen and oxygen atoms in total. The number of aromatic nitrogens is 1. The molecule has 3 aromatic rings. The summed E-state index contributed by atoms with van der Waals surface area (Å²) in [5.41, 5.74) is 0.0288. The number of nitrogens with one attached hydrogen (secondary N) is 1. The number of carbonyl (C=O) groups excluding carboxylic acids is 1. The normalized spacial score (nSPS) is 15.1. The van der Waals surface area contributed by atoms with E-state index in [1.165, 1.54) is 6.26 Å². The summed E-state index contributed by atoms with van der Waals surface area (Å²) in [5, 5.41) is 21.3. The average molecular weight is 437 g/mol. The molecule has 1 aromatic carbocycles. The largest absolute Gasteiger partial charge is 0.459 e. The maximum absolute atomic E-state index is 14.0. The smallest absolute Gasteiger partial charge is 0.266 e. The lowest BCUT2D eigenvalue weighted by Crippen LogP contribution is -2.41. The second-order valence-electron chi connectivity index (χ2n) is 7.26. The monoisotopic (exact) mass is 437 g/mol. The maximum Gasteiger partial charge on any atom is 0.266 e. The minimum atomic E-state index is -1.23. The Hall–Kier alpha value is -4.18. The second kappa shape index (κ2) is 8.90. The van der Waals surface area contributed by atoms with E-state index in [4.69, 9.17) is 8.83 Å². The summed E-state index contributed by atoms with van der Waals surface area (Å²) in [5.74, 6) is -1.56. The van der Waals surface area contributed by atoms with E-state index in [2.05, 4.69) is 10.3 Å². The van der Waals surface area contributed by atoms with Crippen LogP contribution in [0.4, 0.5) is 14.7 Å². The van der Waals surface area contributed by atoms with Crippen LogP contribution in [-0.4, -0.2) is 24.0 Å². The molecule has 1 N–H and O–H groups in total.